The number of methoxy groups -OCH3 is 1. The maximum absolute atomic E-state index is 12.7. The first-order chi connectivity index (χ1) is 14.3. The molecule has 1 aromatic carbocycles. The van der Waals surface area contributed by atoms with E-state index in [9.17, 15) is 9.59 Å². The number of aromatic nitrogens is 3. The fraction of sp³-hybridized carbons (Fsp3) is 0.391. The Balaban J connectivity index is 1.76. The molecule has 1 amide bonds. The van der Waals surface area contributed by atoms with Crippen LogP contribution in [0.15, 0.2) is 30.3 Å². The molecule has 158 valence electrons. The lowest BCUT2D eigenvalue weighted by Gasteiger charge is -2.18. The number of ether oxygens (including phenoxy) is 1. The van der Waals surface area contributed by atoms with E-state index in [0.29, 0.717) is 12.8 Å². The number of hydrogen-bond acceptors (Lipinski definition) is 5. The van der Waals surface area contributed by atoms with Crippen molar-refractivity contribution in [2.45, 2.75) is 46.1 Å². The van der Waals surface area contributed by atoms with Crippen LogP contribution in [-0.2, 0) is 27.8 Å². The largest absolute Gasteiger partial charge is 0.469 e. The quantitative estimate of drug-likeness (QED) is 0.607. The van der Waals surface area contributed by atoms with Crippen molar-refractivity contribution in [3.8, 4) is 0 Å². The van der Waals surface area contributed by atoms with Crippen LogP contribution in [-0.4, -0.2) is 33.8 Å². The summed E-state index contributed by atoms with van der Waals surface area (Å²) in [6, 6.07) is 9.03. The third-order valence-electron chi connectivity index (χ3n) is 5.47. The highest BCUT2D eigenvalue weighted by Gasteiger charge is 2.20. The third-order valence-corrected chi connectivity index (χ3v) is 5.47. The minimum atomic E-state index is -0.422. The summed E-state index contributed by atoms with van der Waals surface area (Å²) in [4.78, 5) is 29.2. The van der Waals surface area contributed by atoms with Gasteiger partial charge in [0.1, 0.15) is 0 Å². The lowest BCUT2D eigenvalue weighted by molar-refractivity contribution is -0.141. The maximum atomic E-state index is 12.7. The summed E-state index contributed by atoms with van der Waals surface area (Å²) in [6.45, 7) is 6.00. The van der Waals surface area contributed by atoms with Crippen molar-refractivity contribution in [3.05, 3.63) is 58.4 Å². The van der Waals surface area contributed by atoms with Crippen LogP contribution in [0.4, 0.5) is 0 Å². The molecule has 3 rings (SSSR count). The molecule has 0 aliphatic heterocycles. The molecule has 2 aromatic heterocycles. The van der Waals surface area contributed by atoms with E-state index in [-0.39, 0.29) is 18.3 Å². The molecule has 1 N–H and O–H groups in total. The van der Waals surface area contributed by atoms with Crippen LogP contribution in [0, 0.1) is 20.8 Å². The molecule has 0 radical (unpaired) electrons. The Labute approximate surface area is 176 Å². The number of pyridine rings is 1. The number of benzene rings is 1. The normalized spacial score (nSPS) is 12.0. The van der Waals surface area contributed by atoms with E-state index in [1.165, 1.54) is 7.11 Å². The number of carbonyl (C=O) groups is 2. The molecule has 0 spiro atoms. The molecule has 0 aliphatic carbocycles. The number of hydrogen-bond donors (Lipinski definition) is 1. The van der Waals surface area contributed by atoms with E-state index < -0.39 is 6.04 Å². The van der Waals surface area contributed by atoms with Gasteiger partial charge in [0.15, 0.2) is 5.65 Å². The van der Waals surface area contributed by atoms with Crippen LogP contribution in [0.2, 0.25) is 0 Å². The minimum absolute atomic E-state index is 0.0900. The molecular weight excluding hydrogens is 380 g/mol. The zero-order valence-corrected chi connectivity index (χ0v) is 18.2. The highest BCUT2D eigenvalue weighted by molar-refractivity contribution is 5.84. The average Bonchev–Trinajstić information content (AvgIpc) is 3.01. The summed E-state index contributed by atoms with van der Waals surface area (Å²) in [5.41, 5.74) is 5.76. The average molecular weight is 409 g/mol. The molecule has 0 saturated carbocycles. The van der Waals surface area contributed by atoms with Gasteiger partial charge in [-0.05, 0) is 43.9 Å². The molecule has 7 nitrogen and oxygen atoms in total. The molecular formula is C23H28N4O3. The molecule has 7 heteroatoms. The summed E-state index contributed by atoms with van der Waals surface area (Å²) < 4.78 is 6.58. The van der Waals surface area contributed by atoms with Crippen LogP contribution in [0.5, 0.6) is 0 Å². The third kappa shape index (κ3) is 4.50. The van der Waals surface area contributed by atoms with Gasteiger partial charge in [-0.15, -0.1) is 0 Å². The molecule has 0 saturated heterocycles. The number of carbonyl (C=O) groups excluding carboxylic acids is 2. The van der Waals surface area contributed by atoms with Crippen molar-refractivity contribution in [1.82, 2.24) is 20.1 Å². The topological polar surface area (TPSA) is 86.1 Å². The highest BCUT2D eigenvalue weighted by Crippen LogP contribution is 2.26. The number of fused-ring (bicyclic) bond motifs is 1. The van der Waals surface area contributed by atoms with Gasteiger partial charge in [0.25, 0.3) is 0 Å². The Morgan fingerprint density at radius 3 is 2.50 bits per heavy atom. The fourth-order valence-corrected chi connectivity index (χ4v) is 3.92. The van der Waals surface area contributed by atoms with Gasteiger partial charge in [-0.3, -0.25) is 14.3 Å². The molecule has 0 aliphatic rings. The van der Waals surface area contributed by atoms with Gasteiger partial charge in [-0.1, -0.05) is 30.3 Å². The van der Waals surface area contributed by atoms with Crippen molar-refractivity contribution in [2.75, 3.05) is 7.11 Å². The Bertz CT molecular complexity index is 1070. The van der Waals surface area contributed by atoms with Gasteiger partial charge in [0, 0.05) is 24.5 Å². The molecule has 30 heavy (non-hydrogen) atoms. The van der Waals surface area contributed by atoms with Crippen molar-refractivity contribution >= 4 is 22.9 Å². The predicted molar refractivity (Wildman–Crippen MR) is 115 cm³/mol. The SMILES string of the molecule is COC(=O)CC(NC(=O)CCc1c(C)nc2c(c(C)nn2C)c1C)c1ccccc1. The van der Waals surface area contributed by atoms with Crippen LogP contribution in [0.1, 0.15) is 47.0 Å². The van der Waals surface area contributed by atoms with Gasteiger partial charge >= 0.3 is 5.97 Å². The number of amides is 1. The molecule has 2 heterocycles. The zero-order chi connectivity index (χ0) is 21.8. The second-order valence-corrected chi connectivity index (χ2v) is 7.52. The van der Waals surface area contributed by atoms with Crippen molar-refractivity contribution in [1.29, 1.82) is 0 Å². The second kappa shape index (κ2) is 9.07. The Morgan fingerprint density at radius 1 is 1.13 bits per heavy atom. The monoisotopic (exact) mass is 408 g/mol. The number of rotatable bonds is 7. The first-order valence-electron chi connectivity index (χ1n) is 10.0. The molecule has 0 bridgehead atoms. The van der Waals surface area contributed by atoms with Gasteiger partial charge in [0.05, 0.1) is 25.3 Å². The van der Waals surface area contributed by atoms with E-state index in [4.69, 9.17) is 9.72 Å². The summed E-state index contributed by atoms with van der Waals surface area (Å²) in [5.74, 6) is -0.480. The molecule has 1 atom stereocenters. The van der Waals surface area contributed by atoms with Gasteiger partial charge in [-0.2, -0.15) is 5.10 Å². The van der Waals surface area contributed by atoms with Crippen LogP contribution in [0.25, 0.3) is 11.0 Å². The van der Waals surface area contributed by atoms with Crippen molar-refractivity contribution < 1.29 is 14.3 Å². The summed E-state index contributed by atoms with van der Waals surface area (Å²) in [6.07, 6.45) is 0.964. The zero-order valence-electron chi connectivity index (χ0n) is 18.2. The second-order valence-electron chi connectivity index (χ2n) is 7.52. The van der Waals surface area contributed by atoms with Crippen LogP contribution < -0.4 is 5.32 Å². The maximum Gasteiger partial charge on any atom is 0.307 e. The smallest absolute Gasteiger partial charge is 0.307 e. The first kappa shape index (κ1) is 21.5. The van der Waals surface area contributed by atoms with E-state index in [1.807, 2.05) is 51.2 Å². The van der Waals surface area contributed by atoms with E-state index in [0.717, 1.165) is 39.1 Å². The fourth-order valence-electron chi connectivity index (χ4n) is 3.92. The Kier molecular flexibility index (Phi) is 6.50. The van der Waals surface area contributed by atoms with Crippen molar-refractivity contribution in [3.63, 3.8) is 0 Å². The lowest BCUT2D eigenvalue weighted by Crippen LogP contribution is -2.30. The molecule has 1 unspecified atom stereocenters. The van der Waals surface area contributed by atoms with Gasteiger partial charge in [0.2, 0.25) is 5.91 Å². The van der Waals surface area contributed by atoms with Crippen molar-refractivity contribution in [2.24, 2.45) is 7.05 Å². The number of nitrogens with one attached hydrogen (secondary N) is 1. The lowest BCUT2D eigenvalue weighted by atomic mass is 9.98. The van der Waals surface area contributed by atoms with E-state index in [1.54, 1.807) is 4.68 Å². The van der Waals surface area contributed by atoms with Crippen LogP contribution in [0.3, 0.4) is 0 Å². The standard InChI is InChI=1S/C23H28N4O3/c1-14-18(15(2)24-23-22(14)16(3)26-27(23)4)11-12-20(28)25-19(13-21(29)30-5)17-9-7-6-8-10-17/h6-10,19H,11-13H2,1-5H3,(H,25,28). The summed E-state index contributed by atoms with van der Waals surface area (Å²) in [5, 5.41) is 8.50. The molecule has 0 fully saturated rings. The Morgan fingerprint density at radius 2 is 1.83 bits per heavy atom. The predicted octanol–water partition coefficient (Wildman–Crippen LogP) is 3.25. The number of aryl methyl sites for hydroxylation is 4. The first-order valence-corrected chi connectivity index (χ1v) is 10.0. The number of nitrogens with zero attached hydrogens (tertiary/aromatic N) is 3. The minimum Gasteiger partial charge on any atom is -0.469 e. The summed E-state index contributed by atoms with van der Waals surface area (Å²) in [7, 11) is 3.24. The van der Waals surface area contributed by atoms with Gasteiger partial charge in [-0.25, -0.2) is 4.98 Å². The Hall–Kier alpha value is -3.22. The number of esters is 1. The van der Waals surface area contributed by atoms with Crippen LogP contribution >= 0.6 is 0 Å². The summed E-state index contributed by atoms with van der Waals surface area (Å²) >= 11 is 0. The van der Waals surface area contributed by atoms with E-state index in [2.05, 4.69) is 17.3 Å². The highest BCUT2D eigenvalue weighted by atomic mass is 16.5. The van der Waals surface area contributed by atoms with E-state index >= 15 is 0 Å². The van der Waals surface area contributed by atoms with Gasteiger partial charge < -0.3 is 10.1 Å². The molecule has 3 aromatic rings.